The molecule has 2 aromatic rings. The van der Waals surface area contributed by atoms with Crippen LogP contribution >= 0.6 is 24.0 Å². The summed E-state index contributed by atoms with van der Waals surface area (Å²) in [6, 6.07) is 8.47. The molecule has 124 valence electrons. The van der Waals surface area contributed by atoms with Crippen molar-refractivity contribution in [3.63, 3.8) is 0 Å². The Morgan fingerprint density at radius 3 is 2.43 bits per heavy atom. The molecule has 1 saturated heterocycles. The summed E-state index contributed by atoms with van der Waals surface area (Å²) in [5.74, 6) is 0.345. The number of nitrogens with two attached hydrogens (primary N) is 1. The lowest BCUT2D eigenvalue weighted by Crippen LogP contribution is -2.51. The minimum Gasteiger partial charge on any atom is -0.472 e. The van der Waals surface area contributed by atoms with E-state index in [1.165, 1.54) is 12.1 Å². The molecule has 7 heteroatoms. The zero-order chi connectivity index (χ0) is 15.4. The van der Waals surface area contributed by atoms with Gasteiger partial charge in [-0.1, -0.05) is 0 Å². The highest BCUT2D eigenvalue weighted by Gasteiger charge is 2.18. The molecule has 1 aliphatic rings. The maximum absolute atomic E-state index is 13.0. The van der Waals surface area contributed by atoms with E-state index in [0.717, 1.165) is 37.4 Å². The molecule has 0 bridgehead atoms. The lowest BCUT2D eigenvalue weighted by molar-refractivity contribution is 0.380. The summed E-state index contributed by atoms with van der Waals surface area (Å²) in [7, 11) is 0. The number of halogens is 2. The Kier molecular flexibility index (Phi) is 6.26. The van der Waals surface area contributed by atoms with E-state index in [4.69, 9.17) is 10.2 Å². The molecule has 2 heterocycles. The first-order chi connectivity index (χ1) is 10.7. The van der Waals surface area contributed by atoms with E-state index < -0.39 is 0 Å². The molecule has 0 radical (unpaired) electrons. The molecule has 0 aliphatic carbocycles. The molecular weight excluding hydrogens is 410 g/mol. The van der Waals surface area contributed by atoms with Crippen LogP contribution in [0.5, 0.6) is 0 Å². The third-order valence-corrected chi connectivity index (χ3v) is 3.80. The summed E-state index contributed by atoms with van der Waals surface area (Å²) < 4.78 is 18.0. The second-order valence-corrected chi connectivity index (χ2v) is 5.26. The van der Waals surface area contributed by atoms with Crippen LogP contribution in [-0.2, 0) is 6.54 Å². The van der Waals surface area contributed by atoms with Gasteiger partial charge in [-0.05, 0) is 30.3 Å². The van der Waals surface area contributed by atoms with Crippen LogP contribution in [0.2, 0.25) is 0 Å². The quantitative estimate of drug-likeness (QED) is 0.462. The maximum Gasteiger partial charge on any atom is 0.191 e. The highest BCUT2D eigenvalue weighted by atomic mass is 127. The zero-order valence-corrected chi connectivity index (χ0v) is 15.0. The number of hydrogen-bond acceptors (Lipinski definition) is 3. The van der Waals surface area contributed by atoms with Gasteiger partial charge >= 0.3 is 0 Å². The van der Waals surface area contributed by atoms with Gasteiger partial charge in [0.15, 0.2) is 5.96 Å². The van der Waals surface area contributed by atoms with Gasteiger partial charge in [-0.3, -0.25) is 0 Å². The van der Waals surface area contributed by atoms with Gasteiger partial charge in [-0.15, -0.1) is 24.0 Å². The fourth-order valence-corrected chi connectivity index (χ4v) is 2.50. The third kappa shape index (κ3) is 4.60. The van der Waals surface area contributed by atoms with Crippen molar-refractivity contribution in [2.24, 2.45) is 10.7 Å². The Morgan fingerprint density at radius 2 is 1.83 bits per heavy atom. The van der Waals surface area contributed by atoms with Gasteiger partial charge in [0.25, 0.3) is 0 Å². The zero-order valence-electron chi connectivity index (χ0n) is 12.7. The summed E-state index contributed by atoms with van der Waals surface area (Å²) in [6.45, 7) is 3.82. The molecule has 1 aliphatic heterocycles. The average molecular weight is 430 g/mol. The largest absolute Gasteiger partial charge is 0.472 e. The van der Waals surface area contributed by atoms with Crippen LogP contribution in [0.3, 0.4) is 0 Å². The van der Waals surface area contributed by atoms with Crippen LogP contribution in [0.15, 0.2) is 52.3 Å². The van der Waals surface area contributed by atoms with E-state index in [1.807, 2.05) is 6.07 Å². The summed E-state index contributed by atoms with van der Waals surface area (Å²) in [4.78, 5) is 8.68. The molecule has 0 unspecified atom stereocenters. The van der Waals surface area contributed by atoms with Crippen molar-refractivity contribution >= 4 is 35.6 Å². The van der Waals surface area contributed by atoms with E-state index in [2.05, 4.69) is 14.8 Å². The molecule has 1 aromatic heterocycles. The Labute approximate surface area is 152 Å². The van der Waals surface area contributed by atoms with Crippen molar-refractivity contribution < 1.29 is 8.81 Å². The van der Waals surface area contributed by atoms with Gasteiger partial charge in [-0.2, -0.15) is 0 Å². The first-order valence-corrected chi connectivity index (χ1v) is 7.29. The standard InChI is InChI=1S/C16H19FN4O.HI/c17-14-1-3-15(4-2-14)20-6-8-21(9-7-20)16(18)19-11-13-5-10-22-12-13;/h1-5,10,12H,6-9,11H2,(H2,18,19);1H. The monoisotopic (exact) mass is 430 g/mol. The van der Waals surface area contributed by atoms with Crippen molar-refractivity contribution in [2.75, 3.05) is 31.1 Å². The van der Waals surface area contributed by atoms with Gasteiger partial charge in [0.1, 0.15) is 5.82 Å². The molecule has 0 saturated carbocycles. The van der Waals surface area contributed by atoms with Gasteiger partial charge in [0.2, 0.25) is 0 Å². The molecule has 1 fully saturated rings. The Hall–Kier alpha value is -1.77. The minimum absolute atomic E-state index is 0. The second-order valence-electron chi connectivity index (χ2n) is 5.26. The van der Waals surface area contributed by atoms with Crippen LogP contribution in [0.4, 0.5) is 10.1 Å². The van der Waals surface area contributed by atoms with Gasteiger partial charge in [0.05, 0.1) is 19.1 Å². The van der Waals surface area contributed by atoms with Crippen molar-refractivity contribution in [3.8, 4) is 0 Å². The third-order valence-electron chi connectivity index (χ3n) is 3.80. The number of anilines is 1. The molecule has 1 aromatic carbocycles. The van der Waals surface area contributed by atoms with Gasteiger partial charge in [0, 0.05) is 37.4 Å². The van der Waals surface area contributed by atoms with Crippen molar-refractivity contribution in [3.05, 3.63) is 54.2 Å². The van der Waals surface area contributed by atoms with Crippen molar-refractivity contribution in [1.29, 1.82) is 0 Å². The van der Waals surface area contributed by atoms with E-state index in [-0.39, 0.29) is 29.8 Å². The molecule has 23 heavy (non-hydrogen) atoms. The predicted octanol–water partition coefficient (Wildman–Crippen LogP) is 2.67. The number of rotatable bonds is 3. The predicted molar refractivity (Wildman–Crippen MR) is 99.6 cm³/mol. The Balaban J connectivity index is 0.00000192. The van der Waals surface area contributed by atoms with Gasteiger partial charge < -0.3 is 20.0 Å². The molecular formula is C16H20FIN4O. The first-order valence-electron chi connectivity index (χ1n) is 7.29. The van der Waals surface area contributed by atoms with E-state index in [9.17, 15) is 4.39 Å². The van der Waals surface area contributed by atoms with E-state index in [0.29, 0.717) is 12.5 Å². The first kappa shape index (κ1) is 17.6. The fraction of sp³-hybridized carbons (Fsp3) is 0.312. The lowest BCUT2D eigenvalue weighted by Gasteiger charge is -2.36. The molecule has 5 nitrogen and oxygen atoms in total. The summed E-state index contributed by atoms with van der Waals surface area (Å²) >= 11 is 0. The van der Waals surface area contributed by atoms with Gasteiger partial charge in [-0.25, -0.2) is 9.38 Å². The van der Waals surface area contributed by atoms with Crippen molar-refractivity contribution in [2.45, 2.75) is 6.54 Å². The number of benzene rings is 1. The Morgan fingerprint density at radius 1 is 1.13 bits per heavy atom. The van der Waals surface area contributed by atoms with Crippen LogP contribution < -0.4 is 10.6 Å². The smallest absolute Gasteiger partial charge is 0.191 e. The summed E-state index contributed by atoms with van der Waals surface area (Å²) in [5, 5.41) is 0. The average Bonchev–Trinajstić information content (AvgIpc) is 3.07. The van der Waals surface area contributed by atoms with Crippen LogP contribution in [-0.4, -0.2) is 37.0 Å². The number of nitrogens with zero attached hydrogens (tertiary/aromatic N) is 3. The highest BCUT2D eigenvalue weighted by Crippen LogP contribution is 2.16. The molecule has 2 N–H and O–H groups in total. The number of guanidine groups is 1. The minimum atomic E-state index is -0.210. The fourth-order valence-electron chi connectivity index (χ4n) is 2.50. The topological polar surface area (TPSA) is 58.0 Å². The maximum atomic E-state index is 13.0. The Bertz CT molecular complexity index is 622. The number of aliphatic imine (C=N–C) groups is 1. The molecule has 0 amide bonds. The highest BCUT2D eigenvalue weighted by molar-refractivity contribution is 14.0. The normalized spacial score (nSPS) is 15.4. The second kappa shape index (κ2) is 8.19. The van der Waals surface area contributed by atoms with E-state index in [1.54, 1.807) is 24.7 Å². The SMILES string of the molecule is I.NC(=NCc1ccoc1)N1CCN(c2ccc(F)cc2)CC1. The summed E-state index contributed by atoms with van der Waals surface area (Å²) in [5.41, 5.74) is 8.09. The lowest BCUT2D eigenvalue weighted by atomic mass is 10.2. The number of furan rings is 1. The van der Waals surface area contributed by atoms with Crippen molar-refractivity contribution in [1.82, 2.24) is 4.90 Å². The van der Waals surface area contributed by atoms with Crippen LogP contribution in [0.1, 0.15) is 5.56 Å². The molecule has 0 atom stereocenters. The number of piperazine rings is 1. The van der Waals surface area contributed by atoms with Crippen LogP contribution in [0, 0.1) is 5.82 Å². The van der Waals surface area contributed by atoms with Crippen LogP contribution in [0.25, 0.3) is 0 Å². The number of hydrogen-bond donors (Lipinski definition) is 1. The molecule has 3 rings (SSSR count). The summed E-state index contributed by atoms with van der Waals surface area (Å²) in [6.07, 6.45) is 3.30. The molecule has 0 spiro atoms. The van der Waals surface area contributed by atoms with E-state index >= 15 is 0 Å².